The Hall–Kier alpha value is -0.980. The highest BCUT2D eigenvalue weighted by Gasteiger charge is 2.15. The monoisotopic (exact) mass is 319 g/mol. The topological polar surface area (TPSA) is 58.6 Å². The van der Waals surface area contributed by atoms with E-state index in [0.717, 1.165) is 0 Å². The van der Waals surface area contributed by atoms with Gasteiger partial charge in [0.2, 0.25) is 0 Å². The van der Waals surface area contributed by atoms with Gasteiger partial charge in [0, 0.05) is 18.1 Å². The average Bonchev–Trinajstić information content (AvgIpc) is 2.29. The minimum Gasteiger partial charge on any atom is -0.391 e. The van der Waals surface area contributed by atoms with Crippen LogP contribution in [-0.2, 0) is 4.74 Å². The van der Waals surface area contributed by atoms with Crippen molar-refractivity contribution in [2.75, 3.05) is 20.3 Å². The van der Waals surface area contributed by atoms with E-state index in [0.29, 0.717) is 10.9 Å². The Morgan fingerprint density at radius 3 is 2.94 bits per heavy atom. The number of methoxy groups -OCH3 is 1. The van der Waals surface area contributed by atoms with Gasteiger partial charge in [-0.25, -0.2) is 4.39 Å². The lowest BCUT2D eigenvalue weighted by Crippen LogP contribution is -2.29. The molecule has 1 aromatic carbocycles. The summed E-state index contributed by atoms with van der Waals surface area (Å²) in [4.78, 5) is 11.7. The van der Waals surface area contributed by atoms with Gasteiger partial charge in [0.1, 0.15) is 5.82 Å². The molecule has 0 radical (unpaired) electrons. The molecule has 1 unspecified atom stereocenters. The second-order valence-corrected chi connectivity index (χ2v) is 4.60. The van der Waals surface area contributed by atoms with Crippen molar-refractivity contribution < 1.29 is 19.0 Å². The first-order valence-corrected chi connectivity index (χ1v) is 6.24. The summed E-state index contributed by atoms with van der Waals surface area (Å²) in [5.41, 5.74) is -0.0290. The Labute approximate surface area is 113 Å². The number of carbonyl (C=O) groups excluding carboxylic acids is 1. The van der Waals surface area contributed by atoms with Crippen LogP contribution in [-0.4, -0.2) is 37.4 Å². The number of halogens is 2. The first kappa shape index (κ1) is 15.1. The van der Waals surface area contributed by atoms with Gasteiger partial charge in [0.15, 0.2) is 0 Å². The number of nitrogens with one attached hydrogen (secondary N) is 1. The van der Waals surface area contributed by atoms with Gasteiger partial charge in [-0.15, -0.1) is 0 Å². The Bertz CT molecular complexity index is 394. The van der Waals surface area contributed by atoms with Crippen molar-refractivity contribution in [3.63, 3.8) is 0 Å². The first-order chi connectivity index (χ1) is 8.56. The molecule has 0 bridgehead atoms. The van der Waals surface area contributed by atoms with E-state index < -0.39 is 17.8 Å². The maximum Gasteiger partial charge on any atom is 0.255 e. The normalized spacial score (nSPS) is 12.2. The van der Waals surface area contributed by atoms with Crippen molar-refractivity contribution >= 4 is 21.8 Å². The van der Waals surface area contributed by atoms with E-state index in [2.05, 4.69) is 21.2 Å². The van der Waals surface area contributed by atoms with Gasteiger partial charge >= 0.3 is 0 Å². The van der Waals surface area contributed by atoms with E-state index in [-0.39, 0.29) is 18.7 Å². The predicted octanol–water partition coefficient (Wildman–Crippen LogP) is 1.72. The lowest BCUT2D eigenvalue weighted by atomic mass is 10.2. The molecule has 0 aliphatic carbocycles. The Morgan fingerprint density at radius 1 is 1.61 bits per heavy atom. The molecule has 0 aliphatic rings. The quantitative estimate of drug-likeness (QED) is 0.839. The molecule has 1 amide bonds. The molecule has 0 heterocycles. The second-order valence-electron chi connectivity index (χ2n) is 3.75. The lowest BCUT2D eigenvalue weighted by molar-refractivity contribution is 0.0587. The number of amides is 1. The third kappa shape index (κ3) is 4.36. The molecule has 2 N–H and O–H groups in total. The number of rotatable bonds is 6. The molecule has 100 valence electrons. The molecule has 1 atom stereocenters. The number of aliphatic hydroxyl groups is 1. The van der Waals surface area contributed by atoms with Gasteiger partial charge < -0.3 is 15.2 Å². The van der Waals surface area contributed by atoms with Crippen molar-refractivity contribution in [3.8, 4) is 0 Å². The van der Waals surface area contributed by atoms with Crippen LogP contribution < -0.4 is 5.32 Å². The molecule has 0 saturated heterocycles. The van der Waals surface area contributed by atoms with Crippen LogP contribution in [0.1, 0.15) is 16.8 Å². The van der Waals surface area contributed by atoms with Crippen molar-refractivity contribution in [1.29, 1.82) is 0 Å². The van der Waals surface area contributed by atoms with E-state index in [1.54, 1.807) is 6.07 Å². The largest absolute Gasteiger partial charge is 0.391 e. The fourth-order valence-corrected chi connectivity index (χ4v) is 1.95. The fraction of sp³-hybridized carbons (Fsp3) is 0.417. The highest BCUT2D eigenvalue weighted by molar-refractivity contribution is 9.10. The molecule has 0 aliphatic heterocycles. The molecule has 0 saturated carbocycles. The van der Waals surface area contributed by atoms with Crippen LogP contribution in [0.15, 0.2) is 22.7 Å². The first-order valence-electron chi connectivity index (χ1n) is 5.45. The van der Waals surface area contributed by atoms with Crippen LogP contribution >= 0.6 is 15.9 Å². The number of ether oxygens (including phenoxy) is 1. The van der Waals surface area contributed by atoms with E-state index in [4.69, 9.17) is 4.74 Å². The molecular weight excluding hydrogens is 305 g/mol. The highest BCUT2D eigenvalue weighted by atomic mass is 79.9. The zero-order valence-corrected chi connectivity index (χ0v) is 11.5. The number of hydrogen-bond donors (Lipinski definition) is 2. The minimum absolute atomic E-state index is 0.0290. The third-order valence-electron chi connectivity index (χ3n) is 2.31. The predicted molar refractivity (Wildman–Crippen MR) is 68.9 cm³/mol. The third-order valence-corrected chi connectivity index (χ3v) is 2.97. The maximum atomic E-state index is 13.4. The fourth-order valence-electron chi connectivity index (χ4n) is 1.43. The number of benzene rings is 1. The smallest absolute Gasteiger partial charge is 0.255 e. The van der Waals surface area contributed by atoms with Gasteiger partial charge in [-0.3, -0.25) is 4.79 Å². The Balaban J connectivity index is 2.51. The summed E-state index contributed by atoms with van der Waals surface area (Å²) in [5.74, 6) is -1.09. The zero-order chi connectivity index (χ0) is 13.5. The molecular formula is C12H15BrFNO3. The van der Waals surface area contributed by atoms with Crippen LogP contribution in [0.5, 0.6) is 0 Å². The standard InChI is InChI=1S/C12H15BrFNO3/c1-18-7-8(16)5-6-15-12(17)11-9(13)3-2-4-10(11)14/h2-4,8,16H,5-7H2,1H3,(H,15,17). The summed E-state index contributed by atoms with van der Waals surface area (Å²) in [5, 5.41) is 11.9. The molecule has 0 spiro atoms. The van der Waals surface area contributed by atoms with Gasteiger partial charge in [-0.1, -0.05) is 6.07 Å². The summed E-state index contributed by atoms with van der Waals surface area (Å²) in [6.07, 6.45) is -0.287. The number of aliphatic hydroxyl groups excluding tert-OH is 1. The van der Waals surface area contributed by atoms with E-state index >= 15 is 0 Å². The second kappa shape index (κ2) is 7.45. The van der Waals surface area contributed by atoms with Gasteiger partial charge in [0.05, 0.1) is 18.3 Å². The summed E-state index contributed by atoms with van der Waals surface area (Å²) in [7, 11) is 1.48. The van der Waals surface area contributed by atoms with E-state index in [1.807, 2.05) is 0 Å². The number of carbonyl (C=O) groups is 1. The van der Waals surface area contributed by atoms with Crippen molar-refractivity contribution in [2.24, 2.45) is 0 Å². The van der Waals surface area contributed by atoms with Gasteiger partial charge in [0.25, 0.3) is 5.91 Å². The summed E-state index contributed by atoms with van der Waals surface area (Å²) in [6, 6.07) is 4.33. The summed E-state index contributed by atoms with van der Waals surface area (Å²) in [6.45, 7) is 0.462. The molecule has 18 heavy (non-hydrogen) atoms. The molecule has 4 nitrogen and oxygen atoms in total. The van der Waals surface area contributed by atoms with Crippen LogP contribution in [0.25, 0.3) is 0 Å². The SMILES string of the molecule is COCC(O)CCNC(=O)c1c(F)cccc1Br. The molecule has 6 heteroatoms. The minimum atomic E-state index is -0.639. The van der Waals surface area contributed by atoms with Crippen LogP contribution in [0.2, 0.25) is 0 Å². The lowest BCUT2D eigenvalue weighted by Gasteiger charge is -2.11. The van der Waals surface area contributed by atoms with Crippen LogP contribution in [0, 0.1) is 5.82 Å². The van der Waals surface area contributed by atoms with Crippen LogP contribution in [0.3, 0.4) is 0 Å². The van der Waals surface area contributed by atoms with E-state index in [1.165, 1.54) is 19.2 Å². The van der Waals surface area contributed by atoms with Crippen LogP contribution in [0.4, 0.5) is 4.39 Å². The van der Waals surface area contributed by atoms with E-state index in [9.17, 15) is 14.3 Å². The van der Waals surface area contributed by atoms with Gasteiger partial charge in [-0.2, -0.15) is 0 Å². The molecule has 1 rings (SSSR count). The number of hydrogen-bond acceptors (Lipinski definition) is 3. The summed E-state index contributed by atoms with van der Waals surface area (Å²) < 4.78 is 18.6. The average molecular weight is 320 g/mol. The molecule has 0 fully saturated rings. The van der Waals surface area contributed by atoms with Gasteiger partial charge in [-0.05, 0) is 34.5 Å². The Kier molecular flexibility index (Phi) is 6.24. The summed E-state index contributed by atoms with van der Waals surface area (Å²) >= 11 is 3.12. The molecule has 0 aromatic heterocycles. The van der Waals surface area contributed by atoms with Crippen molar-refractivity contribution in [3.05, 3.63) is 34.1 Å². The van der Waals surface area contributed by atoms with Crippen molar-refractivity contribution in [2.45, 2.75) is 12.5 Å². The van der Waals surface area contributed by atoms with Crippen molar-refractivity contribution in [1.82, 2.24) is 5.32 Å². The maximum absolute atomic E-state index is 13.4. The Morgan fingerprint density at radius 2 is 2.33 bits per heavy atom. The molecule has 1 aromatic rings. The highest BCUT2D eigenvalue weighted by Crippen LogP contribution is 2.19. The zero-order valence-electron chi connectivity index (χ0n) is 9.95.